The number of aliphatic hydroxyl groups excluding tert-OH is 1. The van der Waals surface area contributed by atoms with E-state index in [1.165, 1.54) is 0 Å². The molecule has 0 atom stereocenters. The zero-order valence-corrected chi connectivity index (χ0v) is 12.2. The normalized spacial score (nSPS) is 11.2. The molecule has 1 aromatic heterocycles. The van der Waals surface area contributed by atoms with E-state index in [0.29, 0.717) is 23.3 Å². The Bertz CT molecular complexity index is 527. The number of benzene rings is 1. The van der Waals surface area contributed by atoms with Crippen LogP contribution in [0.1, 0.15) is 19.2 Å². The van der Waals surface area contributed by atoms with Gasteiger partial charge in [0.2, 0.25) is 11.8 Å². The maximum atomic E-state index is 8.86. The molecule has 5 nitrogen and oxygen atoms in total. The molecule has 2 rings (SSSR count). The molecule has 1 aromatic carbocycles. The first-order chi connectivity index (χ1) is 9.72. The third-order valence-corrected chi connectivity index (χ3v) is 3.25. The Morgan fingerprint density at radius 1 is 1.25 bits per heavy atom. The van der Waals surface area contributed by atoms with Crippen molar-refractivity contribution in [3.05, 3.63) is 35.2 Å². The molecule has 0 aliphatic heterocycles. The summed E-state index contributed by atoms with van der Waals surface area (Å²) in [6, 6.07) is 7.28. The number of hydrogen-bond acceptors (Lipinski definition) is 5. The van der Waals surface area contributed by atoms with Gasteiger partial charge in [0.15, 0.2) is 0 Å². The lowest BCUT2D eigenvalue weighted by Gasteiger charge is -2.17. The summed E-state index contributed by atoms with van der Waals surface area (Å²) in [6.07, 6.45) is 0.742. The number of nitrogens with zero attached hydrogens (tertiary/aromatic N) is 3. The van der Waals surface area contributed by atoms with E-state index in [9.17, 15) is 0 Å². The monoisotopic (exact) mass is 295 g/mol. The zero-order valence-electron chi connectivity index (χ0n) is 11.4. The van der Waals surface area contributed by atoms with Crippen molar-refractivity contribution in [2.45, 2.75) is 19.9 Å². The molecule has 0 saturated carbocycles. The molecular formula is C14H18ClN3O2. The second-order valence-corrected chi connectivity index (χ2v) is 4.89. The quantitative estimate of drug-likeness (QED) is 0.850. The van der Waals surface area contributed by atoms with Crippen LogP contribution in [0.25, 0.3) is 11.5 Å². The van der Waals surface area contributed by atoms with Gasteiger partial charge in [-0.15, -0.1) is 10.2 Å². The van der Waals surface area contributed by atoms with Crippen LogP contribution in [0.2, 0.25) is 5.02 Å². The molecule has 20 heavy (non-hydrogen) atoms. The summed E-state index contributed by atoms with van der Waals surface area (Å²) in [7, 11) is 0. The average molecular weight is 296 g/mol. The van der Waals surface area contributed by atoms with E-state index in [-0.39, 0.29) is 6.61 Å². The average Bonchev–Trinajstić information content (AvgIpc) is 2.92. The SMILES string of the molecule is CCN(CCCO)Cc1nnc(-c2ccc(Cl)cc2)o1. The standard InChI is InChI=1S/C14H18ClN3O2/c1-2-18(8-3-9-19)10-13-16-17-14(20-13)11-4-6-12(15)7-5-11/h4-7,19H,2-3,8-10H2,1H3. The molecular weight excluding hydrogens is 278 g/mol. The van der Waals surface area contributed by atoms with Crippen LogP contribution in [-0.2, 0) is 6.54 Å². The minimum atomic E-state index is 0.191. The first-order valence-corrected chi connectivity index (χ1v) is 7.02. The Morgan fingerprint density at radius 3 is 2.65 bits per heavy atom. The van der Waals surface area contributed by atoms with Crippen LogP contribution < -0.4 is 0 Å². The molecule has 0 saturated heterocycles. The fraction of sp³-hybridized carbons (Fsp3) is 0.429. The fourth-order valence-corrected chi connectivity index (χ4v) is 1.99. The molecule has 6 heteroatoms. The predicted molar refractivity (Wildman–Crippen MR) is 77.4 cm³/mol. The summed E-state index contributed by atoms with van der Waals surface area (Å²) in [4.78, 5) is 2.15. The molecule has 1 heterocycles. The fourth-order valence-electron chi connectivity index (χ4n) is 1.86. The lowest BCUT2D eigenvalue weighted by atomic mass is 10.2. The maximum absolute atomic E-state index is 8.86. The van der Waals surface area contributed by atoms with Gasteiger partial charge >= 0.3 is 0 Å². The van der Waals surface area contributed by atoms with Crippen molar-refractivity contribution in [3.63, 3.8) is 0 Å². The van der Waals surface area contributed by atoms with Crippen molar-refractivity contribution in [3.8, 4) is 11.5 Å². The summed E-state index contributed by atoms with van der Waals surface area (Å²) in [5.74, 6) is 1.07. The highest BCUT2D eigenvalue weighted by Crippen LogP contribution is 2.20. The highest BCUT2D eigenvalue weighted by Gasteiger charge is 2.11. The Morgan fingerprint density at radius 2 is 2.00 bits per heavy atom. The Hall–Kier alpha value is -1.43. The van der Waals surface area contributed by atoms with Gasteiger partial charge in [-0.2, -0.15) is 0 Å². The highest BCUT2D eigenvalue weighted by atomic mass is 35.5. The van der Waals surface area contributed by atoms with Gasteiger partial charge < -0.3 is 9.52 Å². The number of aromatic nitrogens is 2. The van der Waals surface area contributed by atoms with Gasteiger partial charge in [-0.05, 0) is 37.2 Å². The van der Waals surface area contributed by atoms with Crippen LogP contribution in [0.3, 0.4) is 0 Å². The van der Waals surface area contributed by atoms with E-state index in [0.717, 1.165) is 25.1 Å². The molecule has 0 unspecified atom stereocenters. The van der Waals surface area contributed by atoms with Gasteiger partial charge in [0.05, 0.1) is 6.54 Å². The van der Waals surface area contributed by atoms with Crippen LogP contribution in [0, 0.1) is 0 Å². The molecule has 2 aromatic rings. The molecule has 0 fully saturated rings. The Kier molecular flexibility index (Phi) is 5.52. The van der Waals surface area contributed by atoms with Crippen LogP contribution in [0.15, 0.2) is 28.7 Å². The molecule has 0 amide bonds. The van der Waals surface area contributed by atoms with E-state index in [1.54, 1.807) is 12.1 Å². The Labute approximate surface area is 123 Å². The first kappa shape index (κ1) is 15.0. The van der Waals surface area contributed by atoms with Crippen LogP contribution >= 0.6 is 11.6 Å². The van der Waals surface area contributed by atoms with Gasteiger partial charge in [-0.3, -0.25) is 4.90 Å². The van der Waals surface area contributed by atoms with Crippen LogP contribution in [0.5, 0.6) is 0 Å². The van der Waals surface area contributed by atoms with Crippen molar-refractivity contribution in [1.29, 1.82) is 0 Å². The number of hydrogen-bond donors (Lipinski definition) is 1. The van der Waals surface area contributed by atoms with E-state index >= 15 is 0 Å². The number of aliphatic hydroxyl groups is 1. The van der Waals surface area contributed by atoms with Gasteiger partial charge in [0.1, 0.15) is 0 Å². The lowest BCUT2D eigenvalue weighted by molar-refractivity contribution is 0.212. The van der Waals surface area contributed by atoms with E-state index < -0.39 is 0 Å². The largest absolute Gasteiger partial charge is 0.419 e. The third-order valence-electron chi connectivity index (χ3n) is 3.00. The Balaban J connectivity index is 2.02. The molecule has 0 radical (unpaired) electrons. The van der Waals surface area contributed by atoms with E-state index in [1.807, 2.05) is 12.1 Å². The molecule has 108 valence electrons. The molecule has 0 bridgehead atoms. The molecule has 0 aliphatic rings. The van der Waals surface area contributed by atoms with Crippen molar-refractivity contribution in [2.24, 2.45) is 0 Å². The van der Waals surface area contributed by atoms with Crippen molar-refractivity contribution >= 4 is 11.6 Å². The minimum absolute atomic E-state index is 0.191. The highest BCUT2D eigenvalue weighted by molar-refractivity contribution is 6.30. The summed E-state index contributed by atoms with van der Waals surface area (Å²) in [5, 5.41) is 17.6. The minimum Gasteiger partial charge on any atom is -0.419 e. The van der Waals surface area contributed by atoms with Crippen molar-refractivity contribution in [2.75, 3.05) is 19.7 Å². The first-order valence-electron chi connectivity index (χ1n) is 6.64. The van der Waals surface area contributed by atoms with Crippen LogP contribution in [0.4, 0.5) is 0 Å². The predicted octanol–water partition coefficient (Wildman–Crippen LogP) is 2.59. The number of halogens is 1. The summed E-state index contributed by atoms with van der Waals surface area (Å²) >= 11 is 5.85. The summed E-state index contributed by atoms with van der Waals surface area (Å²) in [6.45, 7) is 4.53. The van der Waals surface area contributed by atoms with Crippen molar-refractivity contribution in [1.82, 2.24) is 15.1 Å². The molecule has 0 spiro atoms. The molecule has 0 aliphatic carbocycles. The smallest absolute Gasteiger partial charge is 0.247 e. The lowest BCUT2D eigenvalue weighted by Crippen LogP contribution is -2.24. The summed E-state index contributed by atoms with van der Waals surface area (Å²) in [5.41, 5.74) is 0.853. The number of rotatable bonds is 7. The molecule has 1 N–H and O–H groups in total. The van der Waals surface area contributed by atoms with Crippen LogP contribution in [-0.4, -0.2) is 39.9 Å². The van der Waals surface area contributed by atoms with Gasteiger partial charge in [-0.25, -0.2) is 0 Å². The second-order valence-electron chi connectivity index (χ2n) is 4.45. The van der Waals surface area contributed by atoms with Crippen molar-refractivity contribution < 1.29 is 9.52 Å². The van der Waals surface area contributed by atoms with E-state index in [4.69, 9.17) is 21.1 Å². The summed E-state index contributed by atoms with van der Waals surface area (Å²) < 4.78 is 5.65. The maximum Gasteiger partial charge on any atom is 0.247 e. The second kappa shape index (κ2) is 7.38. The van der Waals surface area contributed by atoms with Gasteiger partial charge in [0.25, 0.3) is 0 Å². The van der Waals surface area contributed by atoms with E-state index in [2.05, 4.69) is 22.0 Å². The van der Waals surface area contributed by atoms with Gasteiger partial charge in [-0.1, -0.05) is 18.5 Å². The topological polar surface area (TPSA) is 62.4 Å². The third kappa shape index (κ3) is 4.03. The zero-order chi connectivity index (χ0) is 14.4. The van der Waals surface area contributed by atoms with Gasteiger partial charge in [0, 0.05) is 23.7 Å².